The van der Waals surface area contributed by atoms with Crippen molar-refractivity contribution >= 4 is 17.8 Å². The van der Waals surface area contributed by atoms with E-state index in [0.717, 1.165) is 24.7 Å². The SMILES string of the molecule is CC(C)(C)NC(=O)OC1CCC(c2cc(NC(=O)Cc3cnn(CC(F)(F)F)n3)n[nH]2)C1. The van der Waals surface area contributed by atoms with Gasteiger partial charge in [-0.05, 0) is 40.0 Å². The van der Waals surface area contributed by atoms with Crippen LogP contribution in [0.25, 0.3) is 0 Å². The first-order chi connectivity index (χ1) is 14.9. The van der Waals surface area contributed by atoms with Crippen molar-refractivity contribution < 1.29 is 27.5 Å². The van der Waals surface area contributed by atoms with Gasteiger partial charge < -0.3 is 15.4 Å². The number of nitrogens with one attached hydrogen (secondary N) is 3. The minimum absolute atomic E-state index is 0.0999. The Kier molecular flexibility index (Phi) is 6.74. The number of hydrogen-bond acceptors (Lipinski definition) is 6. The fourth-order valence-corrected chi connectivity index (χ4v) is 3.43. The zero-order valence-electron chi connectivity index (χ0n) is 18.0. The molecule has 0 spiro atoms. The van der Waals surface area contributed by atoms with Gasteiger partial charge >= 0.3 is 12.3 Å². The maximum atomic E-state index is 12.4. The van der Waals surface area contributed by atoms with Crippen LogP contribution in [-0.2, 0) is 22.5 Å². The average molecular weight is 457 g/mol. The first-order valence-corrected chi connectivity index (χ1v) is 10.2. The van der Waals surface area contributed by atoms with E-state index in [1.165, 1.54) is 0 Å². The monoisotopic (exact) mass is 457 g/mol. The van der Waals surface area contributed by atoms with Crippen molar-refractivity contribution in [2.24, 2.45) is 0 Å². The van der Waals surface area contributed by atoms with E-state index < -0.39 is 24.7 Å². The molecule has 1 aliphatic rings. The van der Waals surface area contributed by atoms with Gasteiger partial charge in [0.05, 0.1) is 18.3 Å². The molecule has 32 heavy (non-hydrogen) atoms. The predicted molar refractivity (Wildman–Crippen MR) is 107 cm³/mol. The van der Waals surface area contributed by atoms with E-state index in [1.54, 1.807) is 6.07 Å². The summed E-state index contributed by atoms with van der Waals surface area (Å²) in [7, 11) is 0. The molecule has 2 unspecified atom stereocenters. The van der Waals surface area contributed by atoms with E-state index in [0.29, 0.717) is 17.0 Å². The molecule has 10 nitrogen and oxygen atoms in total. The van der Waals surface area contributed by atoms with Gasteiger partial charge in [-0.25, -0.2) is 4.79 Å². The topological polar surface area (TPSA) is 127 Å². The van der Waals surface area contributed by atoms with Gasteiger partial charge in [-0.15, -0.1) is 0 Å². The van der Waals surface area contributed by atoms with Crippen LogP contribution in [-0.4, -0.2) is 55.0 Å². The van der Waals surface area contributed by atoms with Gasteiger partial charge in [0.15, 0.2) is 12.4 Å². The summed E-state index contributed by atoms with van der Waals surface area (Å²) >= 11 is 0. The second kappa shape index (κ2) is 9.17. The van der Waals surface area contributed by atoms with E-state index in [2.05, 4.69) is 31.0 Å². The average Bonchev–Trinajstić information content (AvgIpc) is 3.33. The van der Waals surface area contributed by atoms with E-state index in [9.17, 15) is 22.8 Å². The lowest BCUT2D eigenvalue weighted by atomic mass is 10.0. The number of alkyl halides is 3. The number of carbonyl (C=O) groups is 2. The van der Waals surface area contributed by atoms with Crippen molar-refractivity contribution in [1.29, 1.82) is 0 Å². The molecule has 13 heteroatoms. The van der Waals surface area contributed by atoms with Gasteiger partial charge in [-0.1, -0.05) is 0 Å². The summed E-state index contributed by atoms with van der Waals surface area (Å²) in [6, 6.07) is 1.70. The van der Waals surface area contributed by atoms with Gasteiger partial charge in [-0.3, -0.25) is 9.89 Å². The number of anilines is 1. The second-order valence-corrected chi connectivity index (χ2v) is 8.83. The summed E-state index contributed by atoms with van der Waals surface area (Å²) in [5, 5.41) is 19.5. The van der Waals surface area contributed by atoms with Crippen LogP contribution in [0.1, 0.15) is 57.3 Å². The molecule has 0 aliphatic heterocycles. The summed E-state index contributed by atoms with van der Waals surface area (Å²) in [6.07, 6.45) is -2.06. The van der Waals surface area contributed by atoms with Gasteiger partial charge in [0, 0.05) is 23.2 Å². The molecule has 176 valence electrons. The van der Waals surface area contributed by atoms with E-state index in [1.807, 2.05) is 20.8 Å². The quantitative estimate of drug-likeness (QED) is 0.612. The minimum Gasteiger partial charge on any atom is -0.446 e. The molecule has 2 amide bonds. The number of amides is 2. The Morgan fingerprint density at radius 2 is 2.03 bits per heavy atom. The Labute approximate surface area is 182 Å². The minimum atomic E-state index is -4.44. The summed E-state index contributed by atoms with van der Waals surface area (Å²) in [5.41, 5.74) is 0.545. The normalized spacial score (nSPS) is 19.1. The molecule has 2 atom stereocenters. The lowest BCUT2D eigenvalue weighted by molar-refractivity contribution is -0.144. The highest BCUT2D eigenvalue weighted by atomic mass is 19.4. The number of hydrogen-bond donors (Lipinski definition) is 3. The zero-order chi connectivity index (χ0) is 23.5. The van der Waals surface area contributed by atoms with Crippen LogP contribution in [0, 0.1) is 0 Å². The number of alkyl carbamates (subject to hydrolysis) is 1. The Hall–Kier alpha value is -3.12. The van der Waals surface area contributed by atoms with Crippen LogP contribution >= 0.6 is 0 Å². The fourth-order valence-electron chi connectivity index (χ4n) is 3.43. The van der Waals surface area contributed by atoms with Crippen molar-refractivity contribution in [1.82, 2.24) is 30.5 Å². The fraction of sp³-hybridized carbons (Fsp3) is 0.632. The molecule has 2 aromatic heterocycles. The van der Waals surface area contributed by atoms with Crippen LogP contribution in [0.3, 0.4) is 0 Å². The highest BCUT2D eigenvalue weighted by Gasteiger charge is 2.31. The molecule has 2 aromatic rings. The lowest BCUT2D eigenvalue weighted by Crippen LogP contribution is -2.42. The molecule has 3 N–H and O–H groups in total. The Morgan fingerprint density at radius 3 is 2.72 bits per heavy atom. The number of halogens is 3. The molecule has 0 radical (unpaired) electrons. The Bertz CT molecular complexity index is 949. The molecule has 0 aromatic carbocycles. The molecule has 1 fully saturated rings. The number of nitrogens with zero attached hydrogens (tertiary/aromatic N) is 4. The maximum Gasteiger partial charge on any atom is 0.409 e. The molecule has 0 bridgehead atoms. The number of aromatic nitrogens is 5. The van der Waals surface area contributed by atoms with Gasteiger partial charge in [0.1, 0.15) is 6.10 Å². The summed E-state index contributed by atoms with van der Waals surface area (Å²) in [5.74, 6) is -0.0843. The number of rotatable bonds is 6. The van der Waals surface area contributed by atoms with Gasteiger partial charge in [0.2, 0.25) is 5.91 Å². The molecule has 1 saturated carbocycles. The van der Waals surface area contributed by atoms with Crippen LogP contribution in [0.2, 0.25) is 0 Å². The third-order valence-electron chi connectivity index (χ3n) is 4.69. The second-order valence-electron chi connectivity index (χ2n) is 8.83. The summed E-state index contributed by atoms with van der Waals surface area (Å²) in [4.78, 5) is 24.6. The maximum absolute atomic E-state index is 12.4. The highest BCUT2D eigenvalue weighted by molar-refractivity contribution is 5.91. The number of carbonyl (C=O) groups excluding carboxylic acids is 2. The van der Waals surface area contributed by atoms with E-state index in [-0.39, 0.29) is 29.7 Å². The number of H-pyrrole nitrogens is 1. The highest BCUT2D eigenvalue weighted by Crippen LogP contribution is 2.35. The van der Waals surface area contributed by atoms with Crippen LogP contribution in [0.4, 0.5) is 23.8 Å². The van der Waals surface area contributed by atoms with Crippen molar-refractivity contribution in [2.45, 2.75) is 76.7 Å². The van der Waals surface area contributed by atoms with Crippen LogP contribution < -0.4 is 10.6 Å². The van der Waals surface area contributed by atoms with Crippen molar-refractivity contribution in [3.63, 3.8) is 0 Å². The summed E-state index contributed by atoms with van der Waals surface area (Å²) < 4.78 is 42.6. The lowest BCUT2D eigenvalue weighted by Gasteiger charge is -2.22. The molecule has 2 heterocycles. The van der Waals surface area contributed by atoms with Crippen LogP contribution in [0.15, 0.2) is 12.3 Å². The largest absolute Gasteiger partial charge is 0.446 e. The standard InChI is InChI=1S/C19H26F3N7O3/c1-18(2,3)25-17(31)32-13-5-4-11(6-13)14-8-15(27-26-14)24-16(30)7-12-9-23-29(28-12)10-19(20,21)22/h8-9,11,13H,4-7,10H2,1-3H3,(H,25,31)(H2,24,26,27,30). The number of aromatic amines is 1. The Morgan fingerprint density at radius 1 is 1.28 bits per heavy atom. The predicted octanol–water partition coefficient (Wildman–Crippen LogP) is 2.91. The molecular formula is C19H26F3N7O3. The zero-order valence-corrected chi connectivity index (χ0v) is 18.0. The smallest absolute Gasteiger partial charge is 0.409 e. The first-order valence-electron chi connectivity index (χ1n) is 10.2. The number of ether oxygens (including phenoxy) is 1. The summed E-state index contributed by atoms with van der Waals surface area (Å²) in [6.45, 7) is 4.30. The molecule has 0 saturated heterocycles. The van der Waals surface area contributed by atoms with Gasteiger partial charge in [-0.2, -0.15) is 33.3 Å². The third kappa shape index (κ3) is 7.24. The van der Waals surface area contributed by atoms with E-state index >= 15 is 0 Å². The first kappa shape index (κ1) is 23.5. The van der Waals surface area contributed by atoms with E-state index in [4.69, 9.17) is 4.74 Å². The van der Waals surface area contributed by atoms with Crippen molar-refractivity contribution in [3.8, 4) is 0 Å². The molecule has 3 rings (SSSR count). The van der Waals surface area contributed by atoms with Crippen molar-refractivity contribution in [3.05, 3.63) is 23.7 Å². The van der Waals surface area contributed by atoms with Gasteiger partial charge in [0.25, 0.3) is 0 Å². The third-order valence-corrected chi connectivity index (χ3v) is 4.69. The van der Waals surface area contributed by atoms with Crippen LogP contribution in [0.5, 0.6) is 0 Å². The Balaban J connectivity index is 1.48. The van der Waals surface area contributed by atoms with Crippen molar-refractivity contribution in [2.75, 3.05) is 5.32 Å². The molecular weight excluding hydrogens is 431 g/mol. The molecule has 1 aliphatic carbocycles.